The fourth-order valence-corrected chi connectivity index (χ4v) is 1.09. The van der Waals surface area contributed by atoms with Crippen LogP contribution in [-0.2, 0) is 11.2 Å². The topological polar surface area (TPSA) is 99.5 Å². The molecular formula is C11H13F3N2O4. The van der Waals surface area contributed by atoms with Crippen LogP contribution in [0.25, 0.3) is 0 Å². The molecule has 0 aliphatic heterocycles. The number of carboxylic acids is 1. The standard InChI is InChI=1S/C9H12N2O2.C2HF3O2/c1-7(11-9(12)13)6-8-4-2-3-5-10-8;3-2(4,5)1(6)7/h2-5,7,11H,6H2,1H3,(H,12,13);(H,6,7)/t7-;/m1./s1. The Morgan fingerprint density at radius 3 is 2.25 bits per heavy atom. The fraction of sp³-hybridized carbons (Fsp3) is 0.364. The van der Waals surface area contributed by atoms with E-state index < -0.39 is 18.2 Å². The minimum absolute atomic E-state index is 0.104. The van der Waals surface area contributed by atoms with Crippen LogP contribution in [0.3, 0.4) is 0 Å². The second kappa shape index (κ2) is 7.97. The first-order chi connectivity index (χ1) is 9.12. The molecule has 0 saturated carbocycles. The number of hydrogen-bond donors (Lipinski definition) is 3. The van der Waals surface area contributed by atoms with Gasteiger partial charge in [0.2, 0.25) is 0 Å². The van der Waals surface area contributed by atoms with E-state index in [0.717, 1.165) is 5.69 Å². The third-order valence-corrected chi connectivity index (χ3v) is 1.85. The Morgan fingerprint density at radius 2 is 1.90 bits per heavy atom. The summed E-state index contributed by atoms with van der Waals surface area (Å²) in [6.45, 7) is 1.81. The molecule has 1 rings (SSSR count). The number of amides is 1. The number of carboxylic acid groups (broad SMARTS) is 2. The molecule has 9 heteroatoms. The zero-order valence-electron chi connectivity index (χ0n) is 10.4. The Kier molecular flexibility index (Phi) is 7.05. The third-order valence-electron chi connectivity index (χ3n) is 1.85. The quantitative estimate of drug-likeness (QED) is 0.790. The summed E-state index contributed by atoms with van der Waals surface area (Å²) in [6, 6.07) is 5.49. The second-order valence-electron chi connectivity index (χ2n) is 3.68. The molecule has 0 spiro atoms. The number of hydrogen-bond acceptors (Lipinski definition) is 3. The molecule has 1 amide bonds. The summed E-state index contributed by atoms with van der Waals surface area (Å²) in [5.74, 6) is -2.76. The summed E-state index contributed by atoms with van der Waals surface area (Å²) in [7, 11) is 0. The van der Waals surface area contributed by atoms with Gasteiger partial charge in [-0.15, -0.1) is 0 Å². The zero-order valence-corrected chi connectivity index (χ0v) is 10.4. The lowest BCUT2D eigenvalue weighted by atomic mass is 10.2. The van der Waals surface area contributed by atoms with Gasteiger partial charge in [0.1, 0.15) is 0 Å². The molecule has 0 aliphatic rings. The number of rotatable bonds is 3. The van der Waals surface area contributed by atoms with Crippen molar-refractivity contribution in [3.63, 3.8) is 0 Å². The van der Waals surface area contributed by atoms with Crippen LogP contribution < -0.4 is 5.32 Å². The van der Waals surface area contributed by atoms with Crippen molar-refractivity contribution in [2.24, 2.45) is 0 Å². The molecule has 0 aliphatic carbocycles. The molecule has 0 aromatic carbocycles. The predicted octanol–water partition coefficient (Wildman–Crippen LogP) is 1.91. The van der Waals surface area contributed by atoms with E-state index in [0.29, 0.717) is 6.42 Å². The molecule has 0 bridgehead atoms. The largest absolute Gasteiger partial charge is 0.490 e. The monoisotopic (exact) mass is 294 g/mol. The maximum Gasteiger partial charge on any atom is 0.490 e. The number of halogens is 3. The maximum absolute atomic E-state index is 10.6. The number of pyridine rings is 1. The van der Waals surface area contributed by atoms with Crippen molar-refractivity contribution in [2.75, 3.05) is 0 Å². The maximum atomic E-state index is 10.6. The van der Waals surface area contributed by atoms with Gasteiger partial charge in [-0.05, 0) is 19.1 Å². The van der Waals surface area contributed by atoms with E-state index in [1.807, 2.05) is 25.1 Å². The molecule has 1 aromatic rings. The average Bonchev–Trinajstić information content (AvgIpc) is 2.28. The molecule has 20 heavy (non-hydrogen) atoms. The van der Waals surface area contributed by atoms with Gasteiger partial charge >= 0.3 is 18.2 Å². The molecule has 0 saturated heterocycles. The van der Waals surface area contributed by atoms with Crippen molar-refractivity contribution in [3.8, 4) is 0 Å². The molecule has 1 aromatic heterocycles. The number of nitrogens with zero attached hydrogens (tertiary/aromatic N) is 1. The van der Waals surface area contributed by atoms with Crippen molar-refractivity contribution in [1.29, 1.82) is 0 Å². The smallest absolute Gasteiger partial charge is 0.475 e. The molecule has 0 fully saturated rings. The van der Waals surface area contributed by atoms with Crippen LogP contribution >= 0.6 is 0 Å². The Labute approximate surface area is 112 Å². The van der Waals surface area contributed by atoms with Crippen LogP contribution in [-0.4, -0.2) is 39.5 Å². The van der Waals surface area contributed by atoms with Crippen LogP contribution in [0.2, 0.25) is 0 Å². The highest BCUT2D eigenvalue weighted by Crippen LogP contribution is 2.13. The summed E-state index contributed by atoms with van der Waals surface area (Å²) >= 11 is 0. The van der Waals surface area contributed by atoms with Crippen molar-refractivity contribution in [3.05, 3.63) is 30.1 Å². The molecule has 0 unspecified atom stereocenters. The van der Waals surface area contributed by atoms with Gasteiger partial charge in [-0.25, -0.2) is 9.59 Å². The average molecular weight is 294 g/mol. The van der Waals surface area contributed by atoms with E-state index in [-0.39, 0.29) is 6.04 Å². The summed E-state index contributed by atoms with van der Waals surface area (Å²) < 4.78 is 31.7. The van der Waals surface area contributed by atoms with Crippen LogP contribution in [0.5, 0.6) is 0 Å². The van der Waals surface area contributed by atoms with Crippen LogP contribution in [0.1, 0.15) is 12.6 Å². The molecule has 0 radical (unpaired) electrons. The lowest BCUT2D eigenvalue weighted by Gasteiger charge is -2.09. The van der Waals surface area contributed by atoms with E-state index >= 15 is 0 Å². The van der Waals surface area contributed by atoms with Crippen molar-refractivity contribution in [1.82, 2.24) is 10.3 Å². The van der Waals surface area contributed by atoms with Crippen LogP contribution in [0.15, 0.2) is 24.4 Å². The summed E-state index contributed by atoms with van der Waals surface area (Å²) in [6.07, 6.45) is -3.76. The minimum atomic E-state index is -5.08. The van der Waals surface area contributed by atoms with Gasteiger partial charge in [0.25, 0.3) is 0 Å². The van der Waals surface area contributed by atoms with Gasteiger partial charge in [0.15, 0.2) is 0 Å². The minimum Gasteiger partial charge on any atom is -0.475 e. The molecule has 112 valence electrons. The third kappa shape index (κ3) is 8.72. The number of carbonyl (C=O) groups is 2. The van der Waals surface area contributed by atoms with E-state index in [2.05, 4.69) is 10.3 Å². The van der Waals surface area contributed by atoms with Gasteiger partial charge in [-0.2, -0.15) is 13.2 Å². The van der Waals surface area contributed by atoms with Gasteiger partial charge in [-0.3, -0.25) is 4.98 Å². The highest BCUT2D eigenvalue weighted by Gasteiger charge is 2.38. The summed E-state index contributed by atoms with van der Waals surface area (Å²) in [5, 5.41) is 17.9. The number of nitrogens with one attached hydrogen (secondary N) is 1. The highest BCUT2D eigenvalue weighted by atomic mass is 19.4. The van der Waals surface area contributed by atoms with Crippen molar-refractivity contribution in [2.45, 2.75) is 25.6 Å². The Bertz CT molecular complexity index is 437. The van der Waals surface area contributed by atoms with Crippen LogP contribution in [0.4, 0.5) is 18.0 Å². The first-order valence-electron chi connectivity index (χ1n) is 5.32. The Balaban J connectivity index is 0.000000441. The van der Waals surface area contributed by atoms with E-state index in [4.69, 9.17) is 15.0 Å². The fourth-order valence-electron chi connectivity index (χ4n) is 1.09. The van der Waals surface area contributed by atoms with E-state index in [1.165, 1.54) is 0 Å². The molecular weight excluding hydrogens is 281 g/mol. The first-order valence-corrected chi connectivity index (χ1v) is 5.32. The van der Waals surface area contributed by atoms with Gasteiger partial charge in [0.05, 0.1) is 0 Å². The van der Waals surface area contributed by atoms with E-state index in [9.17, 15) is 18.0 Å². The van der Waals surface area contributed by atoms with Gasteiger partial charge in [0, 0.05) is 24.4 Å². The van der Waals surface area contributed by atoms with Crippen LogP contribution in [0, 0.1) is 0 Å². The first kappa shape index (κ1) is 17.7. The Hall–Kier alpha value is -2.32. The lowest BCUT2D eigenvalue weighted by molar-refractivity contribution is -0.192. The van der Waals surface area contributed by atoms with E-state index in [1.54, 1.807) is 6.20 Å². The molecule has 3 N–H and O–H groups in total. The Morgan fingerprint density at radius 1 is 1.35 bits per heavy atom. The normalized spacial score (nSPS) is 11.8. The second-order valence-corrected chi connectivity index (χ2v) is 3.68. The highest BCUT2D eigenvalue weighted by molar-refractivity contribution is 5.73. The molecule has 1 atom stereocenters. The lowest BCUT2D eigenvalue weighted by Crippen LogP contribution is -2.32. The predicted molar refractivity (Wildman–Crippen MR) is 62.3 cm³/mol. The molecule has 1 heterocycles. The molecule has 6 nitrogen and oxygen atoms in total. The number of alkyl halides is 3. The van der Waals surface area contributed by atoms with Gasteiger partial charge in [-0.1, -0.05) is 6.07 Å². The zero-order chi connectivity index (χ0) is 15.8. The summed E-state index contributed by atoms with van der Waals surface area (Å²) in [4.78, 5) is 23.3. The van der Waals surface area contributed by atoms with Crippen molar-refractivity contribution >= 4 is 12.1 Å². The number of aromatic nitrogens is 1. The van der Waals surface area contributed by atoms with Crippen molar-refractivity contribution < 1.29 is 33.0 Å². The number of aliphatic carboxylic acids is 1. The van der Waals surface area contributed by atoms with Gasteiger partial charge < -0.3 is 15.5 Å². The SMILES string of the molecule is C[C@H](Cc1ccccn1)NC(=O)O.O=C(O)C(F)(F)F. The summed E-state index contributed by atoms with van der Waals surface area (Å²) in [5.41, 5.74) is 0.892.